The summed E-state index contributed by atoms with van der Waals surface area (Å²) in [4.78, 5) is 17.4. The predicted molar refractivity (Wildman–Crippen MR) is 84.9 cm³/mol. The van der Waals surface area contributed by atoms with Crippen molar-refractivity contribution in [2.24, 2.45) is 11.7 Å². The van der Waals surface area contributed by atoms with Gasteiger partial charge in [-0.05, 0) is 30.9 Å². The van der Waals surface area contributed by atoms with Gasteiger partial charge in [-0.1, -0.05) is 6.07 Å². The van der Waals surface area contributed by atoms with E-state index < -0.39 is 0 Å². The molecule has 1 aliphatic rings. The second-order valence-corrected chi connectivity index (χ2v) is 5.70. The van der Waals surface area contributed by atoms with Crippen molar-refractivity contribution in [3.05, 3.63) is 30.6 Å². The van der Waals surface area contributed by atoms with Crippen LogP contribution in [0.5, 0.6) is 0 Å². The molecule has 0 unspecified atom stereocenters. The number of nitrogen functional groups attached to an aromatic ring is 1. The van der Waals surface area contributed by atoms with Crippen molar-refractivity contribution in [1.29, 1.82) is 0 Å². The van der Waals surface area contributed by atoms with Crippen LogP contribution in [0.2, 0.25) is 0 Å². The van der Waals surface area contributed by atoms with E-state index >= 15 is 0 Å². The van der Waals surface area contributed by atoms with E-state index in [1.54, 1.807) is 6.20 Å². The molecule has 1 aliphatic heterocycles. The minimum absolute atomic E-state index is 0.203. The molecule has 1 aromatic carbocycles. The van der Waals surface area contributed by atoms with Crippen LogP contribution in [0.1, 0.15) is 19.3 Å². The number of benzene rings is 1. The summed E-state index contributed by atoms with van der Waals surface area (Å²) in [6, 6.07) is 6.07. The van der Waals surface area contributed by atoms with E-state index in [0.717, 1.165) is 48.1 Å². The van der Waals surface area contributed by atoms with E-state index in [2.05, 4.69) is 22.0 Å². The Labute approximate surface area is 123 Å². The van der Waals surface area contributed by atoms with Crippen LogP contribution in [0, 0.1) is 5.92 Å². The number of amides is 1. The first-order valence-electron chi connectivity index (χ1n) is 7.30. The average Bonchev–Trinajstić information content (AvgIpc) is 2.48. The van der Waals surface area contributed by atoms with Gasteiger partial charge in [0.25, 0.3) is 0 Å². The van der Waals surface area contributed by atoms with Gasteiger partial charge in [-0.15, -0.1) is 0 Å². The minimum atomic E-state index is -0.203. The lowest BCUT2D eigenvalue weighted by atomic mass is 9.93. The van der Waals surface area contributed by atoms with Gasteiger partial charge in [-0.3, -0.25) is 9.78 Å². The molecule has 2 heterocycles. The van der Waals surface area contributed by atoms with Gasteiger partial charge in [-0.25, -0.2) is 0 Å². The molecule has 3 rings (SSSR count). The molecule has 5 heteroatoms. The SMILES string of the molecule is NC(=O)CC1CCN(c2ccc3cnccc3c2N)CC1. The van der Waals surface area contributed by atoms with E-state index in [-0.39, 0.29) is 5.91 Å². The molecule has 1 aromatic heterocycles. The zero-order valence-electron chi connectivity index (χ0n) is 12.0. The number of anilines is 2. The van der Waals surface area contributed by atoms with Gasteiger partial charge in [0.15, 0.2) is 0 Å². The van der Waals surface area contributed by atoms with E-state index in [9.17, 15) is 4.79 Å². The van der Waals surface area contributed by atoms with Crippen molar-refractivity contribution in [1.82, 2.24) is 4.98 Å². The summed E-state index contributed by atoms with van der Waals surface area (Å²) < 4.78 is 0. The molecule has 0 bridgehead atoms. The Balaban J connectivity index is 1.79. The zero-order valence-corrected chi connectivity index (χ0v) is 12.0. The fourth-order valence-electron chi connectivity index (χ4n) is 3.12. The van der Waals surface area contributed by atoms with E-state index in [1.165, 1.54) is 0 Å². The third-order valence-electron chi connectivity index (χ3n) is 4.28. The molecule has 5 nitrogen and oxygen atoms in total. The topological polar surface area (TPSA) is 85.2 Å². The number of fused-ring (bicyclic) bond motifs is 1. The summed E-state index contributed by atoms with van der Waals surface area (Å²) in [7, 11) is 0. The zero-order chi connectivity index (χ0) is 14.8. The Morgan fingerprint density at radius 2 is 2.05 bits per heavy atom. The van der Waals surface area contributed by atoms with Gasteiger partial charge in [-0.2, -0.15) is 0 Å². The summed E-state index contributed by atoms with van der Waals surface area (Å²) in [6.07, 6.45) is 6.05. The molecule has 0 aliphatic carbocycles. The first kappa shape index (κ1) is 13.7. The second-order valence-electron chi connectivity index (χ2n) is 5.70. The van der Waals surface area contributed by atoms with Gasteiger partial charge in [0.2, 0.25) is 5.91 Å². The number of rotatable bonds is 3. The number of piperidine rings is 1. The number of pyridine rings is 1. The number of hydrogen-bond acceptors (Lipinski definition) is 4. The first-order valence-corrected chi connectivity index (χ1v) is 7.30. The van der Waals surface area contributed by atoms with Crippen molar-refractivity contribution in [2.75, 3.05) is 23.7 Å². The second kappa shape index (κ2) is 5.60. The highest BCUT2D eigenvalue weighted by Crippen LogP contribution is 2.33. The Hall–Kier alpha value is -2.30. The molecule has 21 heavy (non-hydrogen) atoms. The molecule has 0 spiro atoms. The van der Waals surface area contributed by atoms with Crippen LogP contribution in [0.3, 0.4) is 0 Å². The van der Waals surface area contributed by atoms with E-state index in [4.69, 9.17) is 11.5 Å². The molecule has 0 atom stereocenters. The highest BCUT2D eigenvalue weighted by Gasteiger charge is 2.22. The van der Waals surface area contributed by atoms with Crippen LogP contribution in [-0.2, 0) is 4.79 Å². The fourth-order valence-corrected chi connectivity index (χ4v) is 3.12. The third kappa shape index (κ3) is 2.77. The molecule has 110 valence electrons. The normalized spacial score (nSPS) is 16.3. The highest BCUT2D eigenvalue weighted by atomic mass is 16.1. The molecule has 4 N–H and O–H groups in total. The standard InChI is InChI=1S/C16H20N4O/c17-15(21)9-11-4-7-20(8-5-11)14-2-1-12-10-19-6-3-13(12)16(14)18/h1-3,6,10-11H,4-5,7-9,18H2,(H2,17,21). The molecule has 1 saturated heterocycles. The number of primary amides is 1. The maximum absolute atomic E-state index is 11.0. The third-order valence-corrected chi connectivity index (χ3v) is 4.28. The van der Waals surface area contributed by atoms with Gasteiger partial charge >= 0.3 is 0 Å². The lowest BCUT2D eigenvalue weighted by Gasteiger charge is -2.34. The Morgan fingerprint density at radius 1 is 1.29 bits per heavy atom. The van der Waals surface area contributed by atoms with Crippen LogP contribution in [0.15, 0.2) is 30.6 Å². The summed E-state index contributed by atoms with van der Waals surface area (Å²) in [5.74, 6) is 0.204. The molecular weight excluding hydrogens is 264 g/mol. The van der Waals surface area contributed by atoms with Crippen LogP contribution >= 0.6 is 0 Å². The highest BCUT2D eigenvalue weighted by molar-refractivity contribution is 5.98. The van der Waals surface area contributed by atoms with Crippen LogP contribution in [0.4, 0.5) is 11.4 Å². The lowest BCUT2D eigenvalue weighted by molar-refractivity contribution is -0.119. The lowest BCUT2D eigenvalue weighted by Crippen LogP contribution is -2.35. The van der Waals surface area contributed by atoms with Gasteiger partial charge in [0.1, 0.15) is 0 Å². The smallest absolute Gasteiger partial charge is 0.217 e. The fraction of sp³-hybridized carbons (Fsp3) is 0.375. The van der Waals surface area contributed by atoms with Crippen LogP contribution in [-0.4, -0.2) is 24.0 Å². The molecule has 1 amide bonds. The van der Waals surface area contributed by atoms with Gasteiger partial charge in [0.05, 0.1) is 11.4 Å². The van der Waals surface area contributed by atoms with Crippen molar-refractivity contribution in [2.45, 2.75) is 19.3 Å². The maximum Gasteiger partial charge on any atom is 0.217 e. The minimum Gasteiger partial charge on any atom is -0.397 e. The first-order chi connectivity index (χ1) is 10.1. The van der Waals surface area contributed by atoms with Gasteiger partial charge in [0, 0.05) is 42.7 Å². The number of carbonyl (C=O) groups is 1. The summed E-state index contributed by atoms with van der Waals surface area (Å²) in [5.41, 5.74) is 13.5. The summed E-state index contributed by atoms with van der Waals surface area (Å²) in [6.45, 7) is 1.83. The predicted octanol–water partition coefficient (Wildman–Crippen LogP) is 1.91. The van der Waals surface area contributed by atoms with E-state index in [1.807, 2.05) is 12.3 Å². The van der Waals surface area contributed by atoms with Crippen molar-refractivity contribution >= 4 is 28.1 Å². The quantitative estimate of drug-likeness (QED) is 0.843. The average molecular weight is 284 g/mol. The molecular formula is C16H20N4O. The Kier molecular flexibility index (Phi) is 3.64. The number of hydrogen-bond donors (Lipinski definition) is 2. The molecule has 0 saturated carbocycles. The van der Waals surface area contributed by atoms with Crippen molar-refractivity contribution < 1.29 is 4.79 Å². The van der Waals surface area contributed by atoms with E-state index in [0.29, 0.717) is 12.3 Å². The monoisotopic (exact) mass is 284 g/mol. The number of nitrogens with zero attached hydrogens (tertiary/aromatic N) is 2. The molecule has 0 radical (unpaired) electrons. The number of nitrogens with two attached hydrogens (primary N) is 2. The van der Waals surface area contributed by atoms with Crippen LogP contribution in [0.25, 0.3) is 10.8 Å². The van der Waals surface area contributed by atoms with Crippen LogP contribution < -0.4 is 16.4 Å². The largest absolute Gasteiger partial charge is 0.397 e. The summed E-state index contributed by atoms with van der Waals surface area (Å²) >= 11 is 0. The number of carbonyl (C=O) groups excluding carboxylic acids is 1. The number of aromatic nitrogens is 1. The van der Waals surface area contributed by atoms with Crippen molar-refractivity contribution in [3.8, 4) is 0 Å². The Morgan fingerprint density at radius 3 is 2.76 bits per heavy atom. The Bertz CT molecular complexity index is 662. The van der Waals surface area contributed by atoms with Crippen molar-refractivity contribution in [3.63, 3.8) is 0 Å². The molecule has 1 fully saturated rings. The summed E-state index contributed by atoms with van der Waals surface area (Å²) in [5, 5.41) is 2.10. The molecule has 2 aromatic rings. The maximum atomic E-state index is 11.0. The van der Waals surface area contributed by atoms with Gasteiger partial charge < -0.3 is 16.4 Å².